The van der Waals surface area contributed by atoms with Crippen LogP contribution in [-0.2, 0) is 10.0 Å². The number of nitrogens with one attached hydrogen (secondary N) is 2. The topological polar surface area (TPSA) is 101 Å². The zero-order chi connectivity index (χ0) is 18.7. The fourth-order valence-electron chi connectivity index (χ4n) is 2.36. The van der Waals surface area contributed by atoms with Crippen molar-refractivity contribution in [1.82, 2.24) is 4.98 Å². The normalized spacial score (nSPS) is 11.2. The summed E-state index contributed by atoms with van der Waals surface area (Å²) in [6.45, 7) is 1.78. The molecular formula is C18H17N3O4S. The quantitative estimate of drug-likeness (QED) is 0.717. The van der Waals surface area contributed by atoms with Gasteiger partial charge in [0.05, 0.1) is 18.1 Å². The summed E-state index contributed by atoms with van der Waals surface area (Å²) in [4.78, 5) is 16.3. The molecule has 0 atom stereocenters. The maximum absolute atomic E-state index is 12.4. The van der Waals surface area contributed by atoms with E-state index in [4.69, 9.17) is 4.42 Å². The van der Waals surface area contributed by atoms with E-state index >= 15 is 0 Å². The number of rotatable bonds is 5. The first-order valence-corrected chi connectivity index (χ1v) is 9.60. The predicted molar refractivity (Wildman–Crippen MR) is 99.5 cm³/mol. The van der Waals surface area contributed by atoms with Crippen LogP contribution in [0.4, 0.5) is 11.4 Å². The summed E-state index contributed by atoms with van der Waals surface area (Å²) in [7, 11) is -3.40. The Labute approximate surface area is 151 Å². The fraction of sp³-hybridized carbons (Fsp3) is 0.111. The monoisotopic (exact) mass is 371 g/mol. The van der Waals surface area contributed by atoms with Crippen LogP contribution in [0.2, 0.25) is 0 Å². The second-order valence-electron chi connectivity index (χ2n) is 5.80. The Kier molecular flexibility index (Phi) is 4.77. The van der Waals surface area contributed by atoms with E-state index in [2.05, 4.69) is 15.0 Å². The first-order valence-electron chi connectivity index (χ1n) is 7.70. The number of amides is 1. The summed E-state index contributed by atoms with van der Waals surface area (Å²) in [5.74, 6) is 0.315. The van der Waals surface area contributed by atoms with Crippen LogP contribution in [0, 0.1) is 6.92 Å². The lowest BCUT2D eigenvalue weighted by Gasteiger charge is -2.11. The van der Waals surface area contributed by atoms with Gasteiger partial charge in [-0.3, -0.25) is 9.52 Å². The largest absolute Gasteiger partial charge is 0.444 e. The summed E-state index contributed by atoms with van der Waals surface area (Å²) in [5, 5.41) is 2.76. The van der Waals surface area contributed by atoms with Crippen LogP contribution in [0.15, 0.2) is 59.5 Å². The molecule has 0 bridgehead atoms. The highest BCUT2D eigenvalue weighted by molar-refractivity contribution is 7.92. The molecule has 2 aromatic carbocycles. The molecule has 8 heteroatoms. The van der Waals surface area contributed by atoms with E-state index < -0.39 is 10.0 Å². The molecule has 3 rings (SSSR count). The summed E-state index contributed by atoms with van der Waals surface area (Å²) in [5.41, 5.74) is 2.95. The van der Waals surface area contributed by atoms with Crippen molar-refractivity contribution in [2.45, 2.75) is 6.92 Å². The van der Waals surface area contributed by atoms with Crippen molar-refractivity contribution in [1.29, 1.82) is 0 Å². The summed E-state index contributed by atoms with van der Waals surface area (Å²) in [6, 6.07) is 11.9. The number of anilines is 2. The zero-order valence-corrected chi connectivity index (χ0v) is 15.0. The van der Waals surface area contributed by atoms with Crippen molar-refractivity contribution in [3.63, 3.8) is 0 Å². The van der Waals surface area contributed by atoms with Crippen molar-refractivity contribution in [3.05, 3.63) is 66.2 Å². The number of hydrogen-bond acceptors (Lipinski definition) is 5. The average molecular weight is 371 g/mol. The third-order valence-corrected chi connectivity index (χ3v) is 4.25. The lowest BCUT2D eigenvalue weighted by atomic mass is 10.1. The molecule has 0 saturated carbocycles. The van der Waals surface area contributed by atoms with Crippen molar-refractivity contribution in [3.8, 4) is 11.3 Å². The van der Waals surface area contributed by atoms with E-state index in [1.54, 1.807) is 55.6 Å². The maximum Gasteiger partial charge on any atom is 0.255 e. The standard InChI is InChI=1S/C18H17N3O4S/c1-12-3-8-15(9-16(12)21-26(2,23)24)20-18(22)14-6-4-13(5-7-14)17-10-19-11-25-17/h3-11,21H,1-2H3,(H,20,22). The lowest BCUT2D eigenvalue weighted by molar-refractivity contribution is 0.102. The molecular weight excluding hydrogens is 354 g/mol. The molecule has 0 spiro atoms. The number of carbonyl (C=O) groups excluding carboxylic acids is 1. The second-order valence-corrected chi connectivity index (χ2v) is 7.55. The van der Waals surface area contributed by atoms with Crippen molar-refractivity contribution in [2.75, 3.05) is 16.3 Å². The van der Waals surface area contributed by atoms with Crippen molar-refractivity contribution < 1.29 is 17.6 Å². The molecule has 3 aromatic rings. The number of benzene rings is 2. The minimum atomic E-state index is -3.40. The van der Waals surface area contributed by atoms with Gasteiger partial charge in [0.25, 0.3) is 5.91 Å². The Morgan fingerprint density at radius 2 is 1.85 bits per heavy atom. The molecule has 26 heavy (non-hydrogen) atoms. The fourth-order valence-corrected chi connectivity index (χ4v) is 2.98. The third kappa shape index (κ3) is 4.28. The average Bonchev–Trinajstić information content (AvgIpc) is 3.11. The highest BCUT2D eigenvalue weighted by Gasteiger charge is 2.10. The van der Waals surface area contributed by atoms with Crippen LogP contribution in [0.5, 0.6) is 0 Å². The number of carbonyl (C=O) groups is 1. The Morgan fingerprint density at radius 1 is 1.12 bits per heavy atom. The van der Waals surface area contributed by atoms with E-state index in [-0.39, 0.29) is 5.91 Å². The van der Waals surface area contributed by atoms with Gasteiger partial charge in [-0.1, -0.05) is 18.2 Å². The molecule has 0 saturated heterocycles. The number of aryl methyl sites for hydroxylation is 1. The Balaban J connectivity index is 1.76. The van der Waals surface area contributed by atoms with Gasteiger partial charge in [-0.25, -0.2) is 13.4 Å². The van der Waals surface area contributed by atoms with Gasteiger partial charge in [0.2, 0.25) is 10.0 Å². The predicted octanol–water partition coefficient (Wildman–Crippen LogP) is 3.27. The van der Waals surface area contributed by atoms with Gasteiger partial charge in [0, 0.05) is 16.8 Å². The second kappa shape index (κ2) is 7.01. The van der Waals surface area contributed by atoms with Crippen LogP contribution >= 0.6 is 0 Å². The zero-order valence-electron chi connectivity index (χ0n) is 14.2. The number of nitrogens with zero attached hydrogens (tertiary/aromatic N) is 1. The van der Waals surface area contributed by atoms with Gasteiger partial charge in [-0.15, -0.1) is 0 Å². The lowest BCUT2D eigenvalue weighted by Crippen LogP contribution is -2.13. The van der Waals surface area contributed by atoms with E-state index in [1.807, 2.05) is 0 Å². The first-order chi connectivity index (χ1) is 12.3. The molecule has 1 heterocycles. The van der Waals surface area contributed by atoms with Gasteiger partial charge in [-0.05, 0) is 36.8 Å². The van der Waals surface area contributed by atoms with Gasteiger partial charge in [0.15, 0.2) is 12.2 Å². The van der Waals surface area contributed by atoms with E-state index in [9.17, 15) is 13.2 Å². The minimum Gasteiger partial charge on any atom is -0.444 e. The number of sulfonamides is 1. The number of hydrogen-bond donors (Lipinski definition) is 2. The molecule has 7 nitrogen and oxygen atoms in total. The number of oxazole rings is 1. The highest BCUT2D eigenvalue weighted by Crippen LogP contribution is 2.23. The molecule has 0 radical (unpaired) electrons. The van der Waals surface area contributed by atoms with Crippen LogP contribution in [0.3, 0.4) is 0 Å². The Bertz CT molecular complexity index is 1030. The molecule has 1 aromatic heterocycles. The molecule has 1 amide bonds. The van der Waals surface area contributed by atoms with Crippen molar-refractivity contribution in [2.24, 2.45) is 0 Å². The van der Waals surface area contributed by atoms with E-state index in [0.29, 0.717) is 22.7 Å². The van der Waals surface area contributed by atoms with E-state index in [0.717, 1.165) is 17.4 Å². The summed E-state index contributed by atoms with van der Waals surface area (Å²) >= 11 is 0. The summed E-state index contributed by atoms with van der Waals surface area (Å²) < 4.78 is 30.5. The smallest absolute Gasteiger partial charge is 0.255 e. The van der Waals surface area contributed by atoms with Crippen LogP contribution in [0.25, 0.3) is 11.3 Å². The van der Waals surface area contributed by atoms with Gasteiger partial charge >= 0.3 is 0 Å². The SMILES string of the molecule is Cc1ccc(NC(=O)c2ccc(-c3cnco3)cc2)cc1NS(C)(=O)=O. The molecule has 0 fully saturated rings. The minimum absolute atomic E-state index is 0.303. The molecule has 0 unspecified atom stereocenters. The van der Waals surface area contributed by atoms with Crippen LogP contribution < -0.4 is 10.0 Å². The number of aromatic nitrogens is 1. The Morgan fingerprint density at radius 3 is 2.46 bits per heavy atom. The summed E-state index contributed by atoms with van der Waals surface area (Å²) in [6.07, 6.45) is 4.01. The molecule has 134 valence electrons. The molecule has 0 aliphatic rings. The molecule has 2 N–H and O–H groups in total. The highest BCUT2D eigenvalue weighted by atomic mass is 32.2. The van der Waals surface area contributed by atoms with E-state index in [1.165, 1.54) is 6.39 Å². The van der Waals surface area contributed by atoms with Crippen molar-refractivity contribution >= 4 is 27.3 Å². The molecule has 0 aliphatic heterocycles. The van der Waals surface area contributed by atoms with Crippen LogP contribution in [0.1, 0.15) is 15.9 Å². The Hall–Kier alpha value is -3.13. The maximum atomic E-state index is 12.4. The first kappa shape index (κ1) is 17.7. The third-order valence-electron chi connectivity index (χ3n) is 3.65. The van der Waals surface area contributed by atoms with Gasteiger partial charge in [0.1, 0.15) is 0 Å². The van der Waals surface area contributed by atoms with Gasteiger partial charge < -0.3 is 9.73 Å². The van der Waals surface area contributed by atoms with Gasteiger partial charge in [-0.2, -0.15) is 0 Å². The van der Waals surface area contributed by atoms with Crippen LogP contribution in [-0.4, -0.2) is 25.6 Å². The molecule has 0 aliphatic carbocycles.